The van der Waals surface area contributed by atoms with E-state index in [1.807, 2.05) is 0 Å². The summed E-state index contributed by atoms with van der Waals surface area (Å²) in [6.07, 6.45) is 9.95. The van der Waals surface area contributed by atoms with E-state index in [4.69, 9.17) is 17.6 Å². The van der Waals surface area contributed by atoms with Crippen molar-refractivity contribution in [2.24, 2.45) is 0 Å². The number of hydrogen-bond acceptors (Lipinski definition) is 4. The third-order valence-corrected chi connectivity index (χ3v) is 2.30. The molecule has 1 aromatic carbocycles. The van der Waals surface area contributed by atoms with Crippen molar-refractivity contribution < 1.29 is 14.9 Å². The average molecular weight is 245 g/mol. The molecular formula is C14H15NO3. The molecule has 3 N–H and O–H groups in total. The zero-order valence-corrected chi connectivity index (χ0v) is 9.89. The summed E-state index contributed by atoms with van der Waals surface area (Å²) in [5.41, 5.74) is 0.713. The average Bonchev–Trinajstić information content (AvgIpc) is 2.37. The van der Waals surface area contributed by atoms with E-state index in [0.29, 0.717) is 18.7 Å². The van der Waals surface area contributed by atoms with Crippen LogP contribution >= 0.6 is 0 Å². The zero-order valence-electron chi connectivity index (χ0n) is 9.89. The molecule has 0 aliphatic heterocycles. The van der Waals surface area contributed by atoms with E-state index in [2.05, 4.69) is 17.2 Å². The first-order chi connectivity index (χ1) is 8.69. The standard InChI is InChI=1S/C14H15NO3/c1-3-7-15-10-14(18-8-4-2)11-5-6-12(16)13(17)9-11/h1-2,5-6,9,14-17H,7-8,10H2. The third-order valence-electron chi connectivity index (χ3n) is 2.30. The van der Waals surface area contributed by atoms with Crippen LogP contribution in [0.4, 0.5) is 0 Å². The van der Waals surface area contributed by atoms with Crippen LogP contribution in [0.25, 0.3) is 0 Å². The fraction of sp³-hybridized carbons (Fsp3) is 0.286. The number of aromatic hydroxyl groups is 2. The normalized spacial score (nSPS) is 11.4. The maximum Gasteiger partial charge on any atom is 0.157 e. The van der Waals surface area contributed by atoms with E-state index < -0.39 is 0 Å². The number of ether oxygens (including phenoxy) is 1. The Balaban J connectivity index is 2.77. The van der Waals surface area contributed by atoms with Gasteiger partial charge in [-0.25, -0.2) is 0 Å². The molecule has 0 fully saturated rings. The highest BCUT2D eigenvalue weighted by Gasteiger charge is 2.13. The van der Waals surface area contributed by atoms with Crippen molar-refractivity contribution in [1.82, 2.24) is 5.32 Å². The molecule has 0 radical (unpaired) electrons. The second-order valence-corrected chi connectivity index (χ2v) is 3.59. The second-order valence-electron chi connectivity index (χ2n) is 3.59. The quantitative estimate of drug-likeness (QED) is 0.398. The van der Waals surface area contributed by atoms with Gasteiger partial charge in [-0.3, -0.25) is 0 Å². The summed E-state index contributed by atoms with van der Waals surface area (Å²) >= 11 is 0. The fourth-order valence-corrected chi connectivity index (χ4v) is 1.44. The van der Waals surface area contributed by atoms with E-state index in [1.54, 1.807) is 6.07 Å². The predicted molar refractivity (Wildman–Crippen MR) is 69.0 cm³/mol. The molecule has 0 aliphatic rings. The zero-order chi connectivity index (χ0) is 13.4. The molecule has 0 bridgehead atoms. The lowest BCUT2D eigenvalue weighted by atomic mass is 10.1. The van der Waals surface area contributed by atoms with Crippen LogP contribution < -0.4 is 5.32 Å². The first-order valence-corrected chi connectivity index (χ1v) is 5.40. The first kappa shape index (κ1) is 13.9. The Hall–Kier alpha value is -2.14. The van der Waals surface area contributed by atoms with Crippen LogP contribution in [0.3, 0.4) is 0 Å². The molecule has 0 spiro atoms. The first-order valence-electron chi connectivity index (χ1n) is 5.40. The van der Waals surface area contributed by atoms with Crippen molar-refractivity contribution in [3.63, 3.8) is 0 Å². The van der Waals surface area contributed by atoms with E-state index >= 15 is 0 Å². The molecule has 0 saturated heterocycles. The minimum atomic E-state index is -0.333. The highest BCUT2D eigenvalue weighted by Crippen LogP contribution is 2.28. The number of rotatable bonds is 6. The lowest BCUT2D eigenvalue weighted by Gasteiger charge is -2.17. The maximum atomic E-state index is 9.45. The van der Waals surface area contributed by atoms with Gasteiger partial charge >= 0.3 is 0 Å². The molecule has 0 aromatic heterocycles. The predicted octanol–water partition coefficient (Wildman–Crippen LogP) is 1.01. The molecular weight excluding hydrogens is 230 g/mol. The van der Waals surface area contributed by atoms with E-state index in [9.17, 15) is 10.2 Å². The smallest absolute Gasteiger partial charge is 0.157 e. The Morgan fingerprint density at radius 1 is 1.22 bits per heavy atom. The Bertz CT molecular complexity index is 471. The van der Waals surface area contributed by atoms with Crippen LogP contribution in [0.15, 0.2) is 18.2 Å². The Morgan fingerprint density at radius 3 is 2.61 bits per heavy atom. The Morgan fingerprint density at radius 2 is 2.00 bits per heavy atom. The van der Waals surface area contributed by atoms with Crippen LogP contribution in [0, 0.1) is 24.7 Å². The molecule has 1 unspecified atom stereocenters. The summed E-state index contributed by atoms with van der Waals surface area (Å²) in [7, 11) is 0. The number of phenols is 2. The van der Waals surface area contributed by atoms with Crippen molar-refractivity contribution in [1.29, 1.82) is 0 Å². The van der Waals surface area contributed by atoms with Gasteiger partial charge in [-0.1, -0.05) is 17.9 Å². The van der Waals surface area contributed by atoms with Crippen molar-refractivity contribution in [3.8, 4) is 36.2 Å². The molecule has 1 aromatic rings. The van der Waals surface area contributed by atoms with Crippen LogP contribution in [0.1, 0.15) is 11.7 Å². The molecule has 0 heterocycles. The number of nitrogens with one attached hydrogen (secondary N) is 1. The van der Waals surface area contributed by atoms with Crippen molar-refractivity contribution in [2.75, 3.05) is 19.7 Å². The van der Waals surface area contributed by atoms with Gasteiger partial charge in [0.15, 0.2) is 11.5 Å². The minimum absolute atomic E-state index is 0.157. The van der Waals surface area contributed by atoms with Crippen LogP contribution in [-0.2, 0) is 4.74 Å². The van der Waals surface area contributed by atoms with Gasteiger partial charge in [-0.2, -0.15) is 0 Å². The van der Waals surface area contributed by atoms with Crippen LogP contribution in [-0.4, -0.2) is 29.9 Å². The van der Waals surface area contributed by atoms with E-state index in [-0.39, 0.29) is 24.2 Å². The van der Waals surface area contributed by atoms with Gasteiger partial charge in [0.2, 0.25) is 0 Å². The molecule has 0 amide bonds. The van der Waals surface area contributed by atoms with Gasteiger partial charge in [-0.05, 0) is 17.7 Å². The third kappa shape index (κ3) is 4.03. The highest BCUT2D eigenvalue weighted by atomic mass is 16.5. The van der Waals surface area contributed by atoms with Crippen LogP contribution in [0.5, 0.6) is 11.5 Å². The maximum absolute atomic E-state index is 9.45. The number of terminal acetylenes is 2. The lowest BCUT2D eigenvalue weighted by Crippen LogP contribution is -2.23. The van der Waals surface area contributed by atoms with Crippen molar-refractivity contribution in [2.45, 2.75) is 6.10 Å². The Labute approximate surface area is 107 Å². The van der Waals surface area contributed by atoms with Crippen molar-refractivity contribution in [3.05, 3.63) is 23.8 Å². The number of hydrogen-bond donors (Lipinski definition) is 3. The number of phenolic OH excluding ortho intramolecular Hbond substituents is 2. The molecule has 4 heteroatoms. The van der Waals surface area contributed by atoms with E-state index in [0.717, 1.165) is 0 Å². The molecule has 4 nitrogen and oxygen atoms in total. The summed E-state index contributed by atoms with van der Waals surface area (Å²) in [4.78, 5) is 0. The van der Waals surface area contributed by atoms with Gasteiger partial charge < -0.3 is 20.3 Å². The summed E-state index contributed by atoms with van der Waals surface area (Å²) in [5.74, 6) is 4.47. The summed E-state index contributed by atoms with van der Waals surface area (Å²) in [6.45, 7) is 1.04. The number of benzene rings is 1. The van der Waals surface area contributed by atoms with Crippen LogP contribution in [0.2, 0.25) is 0 Å². The summed E-state index contributed by atoms with van der Waals surface area (Å²) in [6, 6.07) is 4.50. The fourth-order valence-electron chi connectivity index (χ4n) is 1.44. The van der Waals surface area contributed by atoms with Gasteiger partial charge in [0.05, 0.1) is 12.6 Å². The van der Waals surface area contributed by atoms with Gasteiger partial charge in [-0.15, -0.1) is 12.8 Å². The molecule has 94 valence electrons. The molecule has 0 aliphatic carbocycles. The Kier molecular flexibility index (Phi) is 5.60. The topological polar surface area (TPSA) is 61.7 Å². The van der Waals surface area contributed by atoms with Gasteiger partial charge in [0.1, 0.15) is 6.61 Å². The lowest BCUT2D eigenvalue weighted by molar-refractivity contribution is 0.0782. The molecule has 0 saturated carbocycles. The molecule has 1 atom stereocenters. The minimum Gasteiger partial charge on any atom is -0.504 e. The van der Waals surface area contributed by atoms with Gasteiger partial charge in [0.25, 0.3) is 0 Å². The largest absolute Gasteiger partial charge is 0.504 e. The molecule has 1 rings (SSSR count). The monoisotopic (exact) mass is 245 g/mol. The highest BCUT2D eigenvalue weighted by molar-refractivity contribution is 5.41. The summed E-state index contributed by atoms with van der Waals surface area (Å²) in [5, 5.41) is 21.7. The van der Waals surface area contributed by atoms with E-state index in [1.165, 1.54) is 12.1 Å². The molecule has 18 heavy (non-hydrogen) atoms. The second kappa shape index (κ2) is 7.24. The van der Waals surface area contributed by atoms with Crippen molar-refractivity contribution >= 4 is 0 Å². The van der Waals surface area contributed by atoms with Gasteiger partial charge in [0, 0.05) is 6.54 Å². The summed E-state index contributed by atoms with van der Waals surface area (Å²) < 4.78 is 5.46. The SMILES string of the molecule is C#CCNCC(OCC#C)c1ccc(O)c(O)c1.